The van der Waals surface area contributed by atoms with Crippen LogP contribution in [0.3, 0.4) is 0 Å². The summed E-state index contributed by atoms with van der Waals surface area (Å²) in [6.45, 7) is 0.500. The zero-order valence-electron chi connectivity index (χ0n) is 20.1. The van der Waals surface area contributed by atoms with Gasteiger partial charge in [0.2, 0.25) is 5.90 Å². The van der Waals surface area contributed by atoms with Crippen LogP contribution in [0.1, 0.15) is 22.7 Å². The second-order valence-electron chi connectivity index (χ2n) is 8.38. The maximum atomic E-state index is 14.1. The number of benzene rings is 4. The first kappa shape index (κ1) is 24.2. The summed E-state index contributed by atoms with van der Waals surface area (Å²) in [5.74, 6) is -0.675. The number of aliphatic imine (C=N–C) groups is 1. The molecule has 5 rings (SSSR count). The summed E-state index contributed by atoms with van der Waals surface area (Å²) in [4.78, 5) is 9.38. The Kier molecular flexibility index (Phi) is 7.21. The quantitative estimate of drug-likeness (QED) is 0.204. The molecule has 4 aromatic rings. The van der Waals surface area contributed by atoms with E-state index >= 15 is 0 Å². The Hall–Kier alpha value is -4.52. The van der Waals surface area contributed by atoms with Crippen LogP contribution in [0, 0.1) is 11.6 Å². The maximum Gasteiger partial charge on any atom is 0.222 e. The molecule has 0 saturated heterocycles. The highest BCUT2D eigenvalue weighted by Gasteiger charge is 2.26. The van der Waals surface area contributed by atoms with E-state index in [0.717, 1.165) is 22.3 Å². The van der Waals surface area contributed by atoms with Crippen molar-refractivity contribution in [3.8, 4) is 16.9 Å². The van der Waals surface area contributed by atoms with Crippen molar-refractivity contribution in [1.29, 1.82) is 0 Å². The number of halogens is 2. The highest BCUT2D eigenvalue weighted by Crippen LogP contribution is 2.29. The molecule has 1 atom stereocenters. The van der Waals surface area contributed by atoms with Crippen LogP contribution < -0.4 is 4.74 Å². The maximum absolute atomic E-state index is 14.1. The monoisotopic (exact) mass is 498 g/mol. The zero-order valence-corrected chi connectivity index (χ0v) is 20.1. The van der Waals surface area contributed by atoms with Gasteiger partial charge >= 0.3 is 0 Å². The van der Waals surface area contributed by atoms with Crippen molar-refractivity contribution in [2.24, 2.45) is 10.1 Å². The average Bonchev–Trinajstić information content (AvgIpc) is 3.42. The van der Waals surface area contributed by atoms with E-state index in [0.29, 0.717) is 11.5 Å². The normalized spacial score (nSPS) is 15.2. The van der Waals surface area contributed by atoms with Crippen molar-refractivity contribution in [3.05, 3.63) is 125 Å². The first-order valence-electron chi connectivity index (χ1n) is 11.8. The van der Waals surface area contributed by atoms with Gasteiger partial charge in [-0.25, -0.2) is 13.8 Å². The minimum Gasteiger partial charge on any atom is -0.487 e. The van der Waals surface area contributed by atoms with Crippen LogP contribution in [0.15, 0.2) is 107 Å². The molecule has 0 spiro atoms. The standard InChI is InChI=1S/C30H24F2N2O3/c1-35-34-28(22-6-3-2-4-7-22)19-36-24-16-14-21(15-17-24)20-10-12-23(13-11-20)27-18-37-30(33-27)29-25(31)8-5-9-26(29)32/h2-17,27H,18-19H2,1H3. The first-order chi connectivity index (χ1) is 18.1. The van der Waals surface area contributed by atoms with Gasteiger partial charge in [-0.05, 0) is 41.0 Å². The number of rotatable bonds is 8. The van der Waals surface area contributed by atoms with Crippen molar-refractivity contribution >= 4 is 11.6 Å². The van der Waals surface area contributed by atoms with Crippen LogP contribution in [0.4, 0.5) is 8.78 Å². The summed E-state index contributed by atoms with van der Waals surface area (Å²) < 4.78 is 39.6. The summed E-state index contributed by atoms with van der Waals surface area (Å²) in [5, 5.41) is 4.08. The summed E-state index contributed by atoms with van der Waals surface area (Å²) in [6.07, 6.45) is 0. The van der Waals surface area contributed by atoms with Crippen molar-refractivity contribution in [1.82, 2.24) is 0 Å². The molecule has 5 nitrogen and oxygen atoms in total. The average molecular weight is 499 g/mol. The van der Waals surface area contributed by atoms with Gasteiger partial charge in [0, 0.05) is 5.56 Å². The van der Waals surface area contributed by atoms with Gasteiger partial charge in [0.15, 0.2) is 0 Å². The molecule has 0 N–H and O–H groups in total. The van der Waals surface area contributed by atoms with Crippen molar-refractivity contribution in [2.75, 3.05) is 20.3 Å². The molecular formula is C30H24F2N2O3. The lowest BCUT2D eigenvalue weighted by atomic mass is 10.0. The third kappa shape index (κ3) is 5.51. The van der Waals surface area contributed by atoms with E-state index in [-0.39, 0.29) is 30.7 Å². The van der Waals surface area contributed by atoms with E-state index < -0.39 is 11.6 Å². The second-order valence-corrected chi connectivity index (χ2v) is 8.38. The van der Waals surface area contributed by atoms with Crippen LogP contribution in [-0.2, 0) is 9.57 Å². The fraction of sp³-hybridized carbons (Fsp3) is 0.133. The molecular weight excluding hydrogens is 474 g/mol. The van der Waals surface area contributed by atoms with Gasteiger partial charge in [0.25, 0.3) is 0 Å². The lowest BCUT2D eigenvalue weighted by molar-refractivity contribution is 0.210. The highest BCUT2D eigenvalue weighted by atomic mass is 19.1. The summed E-state index contributed by atoms with van der Waals surface area (Å²) in [7, 11) is 1.51. The number of ether oxygens (including phenoxy) is 2. The zero-order chi connectivity index (χ0) is 25.6. The van der Waals surface area contributed by atoms with Crippen LogP contribution in [0.25, 0.3) is 11.1 Å². The van der Waals surface area contributed by atoms with Crippen molar-refractivity contribution in [2.45, 2.75) is 6.04 Å². The number of nitrogens with zero attached hydrogens (tertiary/aromatic N) is 2. The Morgan fingerprint density at radius 1 is 0.865 bits per heavy atom. The molecule has 0 aromatic heterocycles. The number of oxime groups is 1. The third-order valence-corrected chi connectivity index (χ3v) is 5.99. The lowest BCUT2D eigenvalue weighted by Gasteiger charge is -2.10. The predicted octanol–water partition coefficient (Wildman–Crippen LogP) is 6.58. The fourth-order valence-electron chi connectivity index (χ4n) is 4.08. The Bertz CT molecular complexity index is 1400. The fourth-order valence-corrected chi connectivity index (χ4v) is 4.08. The van der Waals surface area contributed by atoms with Crippen LogP contribution in [-0.4, -0.2) is 31.9 Å². The first-order valence-corrected chi connectivity index (χ1v) is 11.8. The minimum absolute atomic E-state index is 0.00812. The summed E-state index contributed by atoms with van der Waals surface area (Å²) in [6, 6.07) is 28.8. The van der Waals surface area contributed by atoms with E-state index in [2.05, 4.69) is 10.1 Å². The smallest absolute Gasteiger partial charge is 0.222 e. The van der Waals surface area contributed by atoms with Gasteiger partial charge in [0.05, 0.1) is 0 Å². The number of hydrogen-bond donors (Lipinski definition) is 0. The van der Waals surface area contributed by atoms with Gasteiger partial charge < -0.3 is 14.3 Å². The van der Waals surface area contributed by atoms with Crippen molar-refractivity contribution in [3.63, 3.8) is 0 Å². The molecule has 0 aliphatic carbocycles. The van der Waals surface area contributed by atoms with Crippen molar-refractivity contribution < 1.29 is 23.1 Å². The lowest BCUT2D eigenvalue weighted by Crippen LogP contribution is -2.13. The molecule has 7 heteroatoms. The van der Waals surface area contributed by atoms with E-state index in [9.17, 15) is 8.78 Å². The van der Waals surface area contributed by atoms with Crippen LogP contribution in [0.5, 0.6) is 5.75 Å². The van der Waals surface area contributed by atoms with Gasteiger partial charge in [-0.2, -0.15) is 0 Å². The largest absolute Gasteiger partial charge is 0.487 e. The molecule has 0 fully saturated rings. The predicted molar refractivity (Wildman–Crippen MR) is 139 cm³/mol. The summed E-state index contributed by atoms with van der Waals surface area (Å²) in [5.41, 5.74) is 4.35. The van der Waals surface area contributed by atoms with Gasteiger partial charge in [-0.1, -0.05) is 78.0 Å². The van der Waals surface area contributed by atoms with Gasteiger partial charge in [0.1, 0.15) is 55.0 Å². The molecule has 37 heavy (non-hydrogen) atoms. The molecule has 1 aliphatic heterocycles. The summed E-state index contributed by atoms with van der Waals surface area (Å²) >= 11 is 0. The number of hydrogen-bond acceptors (Lipinski definition) is 5. The highest BCUT2D eigenvalue weighted by molar-refractivity contribution is 6.01. The molecule has 0 saturated carbocycles. The molecule has 1 unspecified atom stereocenters. The second kappa shape index (κ2) is 11.0. The third-order valence-electron chi connectivity index (χ3n) is 5.99. The Labute approximate surface area is 213 Å². The van der Waals surface area contributed by atoms with E-state index in [1.807, 2.05) is 78.9 Å². The Morgan fingerprint density at radius 2 is 1.51 bits per heavy atom. The molecule has 4 aromatic carbocycles. The molecule has 0 bridgehead atoms. The van der Waals surface area contributed by atoms with E-state index in [4.69, 9.17) is 14.3 Å². The molecule has 0 radical (unpaired) electrons. The van der Waals surface area contributed by atoms with Crippen LogP contribution in [0.2, 0.25) is 0 Å². The Morgan fingerprint density at radius 3 is 2.16 bits per heavy atom. The SMILES string of the molecule is CON=C(COc1ccc(-c2ccc(C3COC(c4c(F)cccc4F)=N3)cc2)cc1)c1ccccc1. The molecule has 1 heterocycles. The Balaban J connectivity index is 1.25. The van der Waals surface area contributed by atoms with Gasteiger partial charge in [-0.15, -0.1) is 0 Å². The minimum atomic E-state index is -0.690. The molecule has 1 aliphatic rings. The topological polar surface area (TPSA) is 52.4 Å². The van der Waals surface area contributed by atoms with Gasteiger partial charge in [-0.3, -0.25) is 0 Å². The van der Waals surface area contributed by atoms with Crippen LogP contribution >= 0.6 is 0 Å². The molecule has 186 valence electrons. The van der Waals surface area contributed by atoms with E-state index in [1.165, 1.54) is 25.3 Å². The molecule has 0 amide bonds. The van der Waals surface area contributed by atoms with E-state index in [1.54, 1.807) is 0 Å².